The quantitative estimate of drug-likeness (QED) is 0.109. The van der Waals surface area contributed by atoms with E-state index in [1.165, 1.54) is 31.4 Å². The first-order chi connectivity index (χ1) is 23.4. The Morgan fingerprint density at radius 3 is 1.84 bits per heavy atom. The standard InChI is InChI=1S/C33H47N3O12S/c1-24(2)31(33(41)42)36(49(43,44)28-13-11-27(45-3)12-14-28)23-25-7-9-26(10-8-25)32(40)35-16-18-47-20-22-48-21-19-46-17-15-34-29(37)5-4-6-30(38)39/h7-14,24,31H,4-6,15-23H2,1-3H3,(H,34,37)(H,35,40)(H,38,39)(H,41,42). The van der Waals surface area contributed by atoms with E-state index >= 15 is 0 Å². The SMILES string of the molecule is COc1ccc(S(=O)(=O)N(Cc2ccc(C(=O)NCCOCCOCCOCCNC(=O)CCCC(=O)O)cc2)C(C(=O)O)C(C)C)cc1. The molecule has 2 rings (SSSR count). The average molecular weight is 710 g/mol. The van der Waals surface area contributed by atoms with Crippen molar-refractivity contribution in [1.29, 1.82) is 0 Å². The highest BCUT2D eigenvalue weighted by atomic mass is 32.2. The minimum absolute atomic E-state index is 0.0428. The van der Waals surface area contributed by atoms with Crippen LogP contribution < -0.4 is 15.4 Å². The van der Waals surface area contributed by atoms with E-state index in [9.17, 15) is 32.7 Å². The van der Waals surface area contributed by atoms with E-state index in [4.69, 9.17) is 24.1 Å². The maximum absolute atomic E-state index is 13.6. The molecule has 0 fully saturated rings. The summed E-state index contributed by atoms with van der Waals surface area (Å²) in [6.07, 6.45) is 0.406. The van der Waals surface area contributed by atoms with Gasteiger partial charge in [-0.15, -0.1) is 0 Å². The summed E-state index contributed by atoms with van der Waals surface area (Å²) in [6, 6.07) is 10.6. The molecule has 2 aromatic carbocycles. The minimum Gasteiger partial charge on any atom is -0.497 e. The third-order valence-electron chi connectivity index (χ3n) is 7.05. The van der Waals surface area contributed by atoms with Crippen LogP contribution in [-0.4, -0.2) is 113 Å². The number of benzene rings is 2. The second-order valence-corrected chi connectivity index (χ2v) is 13.0. The van der Waals surface area contributed by atoms with Crippen molar-refractivity contribution in [2.24, 2.45) is 5.92 Å². The van der Waals surface area contributed by atoms with Crippen LogP contribution in [-0.2, 0) is 45.2 Å². The van der Waals surface area contributed by atoms with Crippen molar-refractivity contribution >= 4 is 33.8 Å². The number of amides is 2. The minimum atomic E-state index is -4.21. The Morgan fingerprint density at radius 1 is 0.776 bits per heavy atom. The Balaban J connectivity index is 1.72. The predicted molar refractivity (Wildman–Crippen MR) is 178 cm³/mol. The molecule has 1 atom stereocenters. The molecule has 272 valence electrons. The van der Waals surface area contributed by atoms with Crippen molar-refractivity contribution in [3.05, 3.63) is 59.7 Å². The van der Waals surface area contributed by atoms with Gasteiger partial charge in [-0.25, -0.2) is 8.42 Å². The molecule has 2 amide bonds. The van der Waals surface area contributed by atoms with Gasteiger partial charge in [0.1, 0.15) is 11.8 Å². The van der Waals surface area contributed by atoms with Gasteiger partial charge in [0.25, 0.3) is 5.91 Å². The summed E-state index contributed by atoms with van der Waals surface area (Å²) in [7, 11) is -2.76. The Kier molecular flexibility index (Phi) is 18.3. The first-order valence-electron chi connectivity index (χ1n) is 15.8. The van der Waals surface area contributed by atoms with E-state index in [0.29, 0.717) is 62.9 Å². The summed E-state index contributed by atoms with van der Waals surface area (Å²) >= 11 is 0. The molecule has 15 nitrogen and oxygen atoms in total. The van der Waals surface area contributed by atoms with Crippen molar-refractivity contribution in [3.63, 3.8) is 0 Å². The molecule has 0 spiro atoms. The van der Waals surface area contributed by atoms with Gasteiger partial charge in [0.05, 0.1) is 51.6 Å². The number of methoxy groups -OCH3 is 1. The Labute approximate surface area is 286 Å². The van der Waals surface area contributed by atoms with Gasteiger partial charge >= 0.3 is 11.9 Å². The topological polar surface area (TPSA) is 207 Å². The number of hydrogen-bond donors (Lipinski definition) is 4. The number of carboxylic acid groups (broad SMARTS) is 2. The fraction of sp³-hybridized carbons (Fsp3) is 0.515. The van der Waals surface area contributed by atoms with E-state index in [0.717, 1.165) is 4.31 Å². The van der Waals surface area contributed by atoms with Gasteiger partial charge in [-0.05, 0) is 54.3 Å². The van der Waals surface area contributed by atoms with E-state index in [2.05, 4.69) is 10.6 Å². The first-order valence-corrected chi connectivity index (χ1v) is 17.3. The highest BCUT2D eigenvalue weighted by Gasteiger charge is 2.38. The molecule has 49 heavy (non-hydrogen) atoms. The van der Waals surface area contributed by atoms with Gasteiger partial charge in [0.2, 0.25) is 15.9 Å². The molecular formula is C33H47N3O12S. The van der Waals surface area contributed by atoms with Crippen LogP contribution in [0.4, 0.5) is 0 Å². The lowest BCUT2D eigenvalue weighted by atomic mass is 10.0. The molecule has 0 aliphatic rings. The van der Waals surface area contributed by atoms with Crippen LogP contribution in [0.25, 0.3) is 0 Å². The lowest BCUT2D eigenvalue weighted by Crippen LogP contribution is -2.47. The first kappa shape index (κ1) is 41.1. The highest BCUT2D eigenvalue weighted by Crippen LogP contribution is 2.26. The van der Waals surface area contributed by atoms with E-state index in [1.807, 2.05) is 0 Å². The van der Waals surface area contributed by atoms with E-state index in [1.54, 1.807) is 38.1 Å². The van der Waals surface area contributed by atoms with Gasteiger partial charge in [-0.2, -0.15) is 4.31 Å². The zero-order chi connectivity index (χ0) is 36.2. The number of nitrogens with one attached hydrogen (secondary N) is 2. The van der Waals surface area contributed by atoms with Gasteiger partial charge < -0.3 is 39.8 Å². The molecule has 4 N–H and O–H groups in total. The normalized spacial score (nSPS) is 12.1. The number of aliphatic carboxylic acids is 2. The van der Waals surface area contributed by atoms with Crippen LogP contribution in [0.3, 0.4) is 0 Å². The number of carboxylic acids is 2. The van der Waals surface area contributed by atoms with Crippen molar-refractivity contribution in [1.82, 2.24) is 14.9 Å². The lowest BCUT2D eigenvalue weighted by Gasteiger charge is -2.30. The number of rotatable bonds is 25. The Morgan fingerprint density at radius 2 is 1.33 bits per heavy atom. The molecule has 0 aromatic heterocycles. The third kappa shape index (κ3) is 14.9. The molecule has 0 radical (unpaired) electrons. The molecule has 0 aliphatic carbocycles. The van der Waals surface area contributed by atoms with Crippen molar-refractivity contribution in [2.75, 3.05) is 59.8 Å². The number of hydrogen-bond acceptors (Lipinski definition) is 10. The average Bonchev–Trinajstić information content (AvgIpc) is 3.06. The van der Waals surface area contributed by atoms with Crippen LogP contribution in [0.15, 0.2) is 53.4 Å². The van der Waals surface area contributed by atoms with Gasteiger partial charge in [-0.3, -0.25) is 19.2 Å². The fourth-order valence-corrected chi connectivity index (χ4v) is 6.23. The summed E-state index contributed by atoms with van der Waals surface area (Å²) < 4.78 is 49.5. The summed E-state index contributed by atoms with van der Waals surface area (Å²) in [5.41, 5.74) is 0.846. The molecule has 0 saturated heterocycles. The summed E-state index contributed by atoms with van der Waals surface area (Å²) in [6.45, 7) is 5.48. The zero-order valence-electron chi connectivity index (χ0n) is 28.1. The highest BCUT2D eigenvalue weighted by molar-refractivity contribution is 7.89. The fourth-order valence-electron chi connectivity index (χ4n) is 4.53. The van der Waals surface area contributed by atoms with Gasteiger partial charge in [-0.1, -0.05) is 26.0 Å². The molecule has 1 unspecified atom stereocenters. The monoisotopic (exact) mass is 709 g/mol. The maximum atomic E-state index is 13.6. The van der Waals surface area contributed by atoms with Crippen LogP contribution in [0, 0.1) is 5.92 Å². The largest absolute Gasteiger partial charge is 0.497 e. The Hall–Kier alpha value is -4.09. The van der Waals surface area contributed by atoms with Crippen LogP contribution in [0.1, 0.15) is 49.0 Å². The summed E-state index contributed by atoms with van der Waals surface area (Å²) in [4.78, 5) is 46.7. The zero-order valence-corrected chi connectivity index (χ0v) is 28.9. The molecule has 0 heterocycles. The number of carbonyl (C=O) groups excluding carboxylic acids is 2. The number of carbonyl (C=O) groups is 4. The number of ether oxygens (including phenoxy) is 4. The molecule has 0 aliphatic heterocycles. The summed E-state index contributed by atoms with van der Waals surface area (Å²) in [5.74, 6) is -2.84. The second kappa shape index (κ2) is 21.8. The van der Waals surface area contributed by atoms with E-state index in [-0.39, 0.29) is 49.2 Å². The van der Waals surface area contributed by atoms with Crippen molar-refractivity contribution in [3.8, 4) is 5.75 Å². The van der Waals surface area contributed by atoms with Crippen molar-refractivity contribution < 1.29 is 56.8 Å². The van der Waals surface area contributed by atoms with Crippen LogP contribution in [0.2, 0.25) is 0 Å². The van der Waals surface area contributed by atoms with E-state index < -0.39 is 33.9 Å². The van der Waals surface area contributed by atoms with Crippen LogP contribution in [0.5, 0.6) is 5.75 Å². The molecular weight excluding hydrogens is 662 g/mol. The number of sulfonamides is 1. The molecule has 0 bridgehead atoms. The Bertz CT molecular complexity index is 1430. The predicted octanol–water partition coefficient (Wildman–Crippen LogP) is 2.15. The van der Waals surface area contributed by atoms with Crippen LogP contribution >= 0.6 is 0 Å². The molecule has 0 saturated carbocycles. The lowest BCUT2D eigenvalue weighted by molar-refractivity contribution is -0.143. The maximum Gasteiger partial charge on any atom is 0.322 e. The van der Waals surface area contributed by atoms with Crippen molar-refractivity contribution in [2.45, 2.75) is 50.6 Å². The molecule has 2 aromatic rings. The van der Waals surface area contributed by atoms with Gasteiger partial charge in [0, 0.05) is 38.0 Å². The number of nitrogens with zero attached hydrogens (tertiary/aromatic N) is 1. The second-order valence-electron chi connectivity index (χ2n) is 11.1. The summed E-state index contributed by atoms with van der Waals surface area (Å²) in [5, 5.41) is 23.9. The molecule has 16 heteroatoms. The van der Waals surface area contributed by atoms with Gasteiger partial charge in [0.15, 0.2) is 0 Å². The third-order valence-corrected chi connectivity index (χ3v) is 8.90. The smallest absolute Gasteiger partial charge is 0.322 e.